The normalized spacial score (nSPS) is 23.1. The van der Waals surface area contributed by atoms with Gasteiger partial charge in [0.1, 0.15) is 0 Å². The molecule has 2 aliphatic carbocycles. The number of hydrogen-bond donors (Lipinski definition) is 1. The minimum absolute atomic E-state index is 0.0586. The summed E-state index contributed by atoms with van der Waals surface area (Å²) in [4.78, 5) is 26.6. The fraction of sp³-hybridized carbons (Fsp3) is 0.600. The van der Waals surface area contributed by atoms with Gasteiger partial charge in [-0.05, 0) is 55.1 Å². The Balaban J connectivity index is 1.49. The molecule has 4 heteroatoms. The molecule has 1 aromatic carbocycles. The second kappa shape index (κ2) is 6.23. The summed E-state index contributed by atoms with van der Waals surface area (Å²) in [5, 5.41) is 3.30. The van der Waals surface area contributed by atoms with Gasteiger partial charge in [-0.25, -0.2) is 0 Å². The van der Waals surface area contributed by atoms with Crippen molar-refractivity contribution in [2.24, 2.45) is 11.8 Å². The fourth-order valence-electron chi connectivity index (χ4n) is 4.20. The Hall–Kier alpha value is -1.84. The molecule has 1 atom stereocenters. The Morgan fingerprint density at radius 1 is 1.17 bits per heavy atom. The summed E-state index contributed by atoms with van der Waals surface area (Å²) in [6.07, 6.45) is 6.29. The van der Waals surface area contributed by atoms with Crippen molar-refractivity contribution < 1.29 is 9.59 Å². The van der Waals surface area contributed by atoms with Crippen LogP contribution in [0.25, 0.3) is 0 Å². The third kappa shape index (κ3) is 3.19. The molecule has 0 radical (unpaired) electrons. The summed E-state index contributed by atoms with van der Waals surface area (Å²) in [6, 6.07) is 8.49. The zero-order valence-electron chi connectivity index (χ0n) is 14.3. The van der Waals surface area contributed by atoms with Gasteiger partial charge in [0.15, 0.2) is 0 Å². The lowest BCUT2D eigenvalue weighted by Gasteiger charge is -2.36. The van der Waals surface area contributed by atoms with E-state index >= 15 is 0 Å². The van der Waals surface area contributed by atoms with Crippen LogP contribution in [0.15, 0.2) is 24.3 Å². The van der Waals surface area contributed by atoms with E-state index in [4.69, 9.17) is 0 Å². The van der Waals surface area contributed by atoms with Crippen LogP contribution in [0.4, 0.5) is 0 Å². The van der Waals surface area contributed by atoms with Crippen molar-refractivity contribution in [3.8, 4) is 0 Å². The number of amides is 2. The van der Waals surface area contributed by atoms with Gasteiger partial charge in [-0.2, -0.15) is 0 Å². The highest BCUT2D eigenvalue weighted by molar-refractivity contribution is 5.80. The third-order valence-electron chi connectivity index (χ3n) is 5.78. The Labute approximate surface area is 143 Å². The SMILES string of the molecule is CC(=O)N1CCc2ccccc2[C@@H]1CC(=O)NC(C1CC1)C1CC1. The first-order valence-corrected chi connectivity index (χ1v) is 9.28. The molecule has 0 bridgehead atoms. The van der Waals surface area contributed by atoms with Gasteiger partial charge in [0, 0.05) is 19.5 Å². The molecule has 1 heterocycles. The van der Waals surface area contributed by atoms with E-state index in [0.717, 1.165) is 12.0 Å². The smallest absolute Gasteiger partial charge is 0.222 e. The monoisotopic (exact) mass is 326 g/mol. The van der Waals surface area contributed by atoms with Crippen LogP contribution in [0.5, 0.6) is 0 Å². The molecule has 24 heavy (non-hydrogen) atoms. The molecule has 1 aliphatic heterocycles. The second-order valence-electron chi connectivity index (χ2n) is 7.65. The van der Waals surface area contributed by atoms with Gasteiger partial charge < -0.3 is 10.2 Å². The summed E-state index contributed by atoms with van der Waals surface area (Å²) in [6.45, 7) is 2.31. The van der Waals surface area contributed by atoms with Crippen LogP contribution in [0, 0.1) is 11.8 Å². The molecular formula is C20H26N2O2. The number of carbonyl (C=O) groups excluding carboxylic acids is 2. The minimum Gasteiger partial charge on any atom is -0.353 e. The molecule has 3 aliphatic rings. The number of carbonyl (C=O) groups is 2. The Bertz CT molecular complexity index is 637. The van der Waals surface area contributed by atoms with Crippen molar-refractivity contribution in [1.82, 2.24) is 10.2 Å². The summed E-state index contributed by atoms with van der Waals surface area (Å²) in [5.41, 5.74) is 2.41. The van der Waals surface area contributed by atoms with Gasteiger partial charge in [0.05, 0.1) is 12.5 Å². The third-order valence-corrected chi connectivity index (χ3v) is 5.78. The minimum atomic E-state index is -0.119. The van der Waals surface area contributed by atoms with Crippen molar-refractivity contribution in [3.63, 3.8) is 0 Å². The average Bonchev–Trinajstić information content (AvgIpc) is 3.46. The van der Waals surface area contributed by atoms with E-state index in [1.165, 1.54) is 31.2 Å². The maximum Gasteiger partial charge on any atom is 0.222 e. The quantitative estimate of drug-likeness (QED) is 0.904. The van der Waals surface area contributed by atoms with Gasteiger partial charge in [-0.15, -0.1) is 0 Å². The van der Waals surface area contributed by atoms with Gasteiger partial charge >= 0.3 is 0 Å². The highest BCUT2D eigenvalue weighted by Gasteiger charge is 2.42. The first kappa shape index (κ1) is 15.7. The molecule has 1 aromatic rings. The van der Waals surface area contributed by atoms with Crippen LogP contribution in [0.3, 0.4) is 0 Å². The number of benzene rings is 1. The second-order valence-corrected chi connectivity index (χ2v) is 7.65. The number of fused-ring (bicyclic) bond motifs is 1. The number of nitrogens with zero attached hydrogens (tertiary/aromatic N) is 1. The molecule has 2 amide bonds. The van der Waals surface area contributed by atoms with Gasteiger partial charge in [-0.1, -0.05) is 24.3 Å². The van der Waals surface area contributed by atoms with Crippen LogP contribution >= 0.6 is 0 Å². The van der Waals surface area contributed by atoms with Crippen LogP contribution in [-0.2, 0) is 16.0 Å². The van der Waals surface area contributed by atoms with Gasteiger partial charge in [0.2, 0.25) is 11.8 Å². The fourth-order valence-corrected chi connectivity index (χ4v) is 4.20. The van der Waals surface area contributed by atoms with E-state index in [2.05, 4.69) is 17.4 Å². The lowest BCUT2D eigenvalue weighted by Crippen LogP contribution is -2.43. The Kier molecular flexibility index (Phi) is 4.07. The summed E-state index contributed by atoms with van der Waals surface area (Å²) < 4.78 is 0. The van der Waals surface area contributed by atoms with Crippen LogP contribution in [-0.4, -0.2) is 29.3 Å². The highest BCUT2D eigenvalue weighted by Crippen LogP contribution is 2.44. The number of rotatable bonds is 5. The largest absolute Gasteiger partial charge is 0.353 e. The topological polar surface area (TPSA) is 49.4 Å². The Morgan fingerprint density at radius 3 is 2.46 bits per heavy atom. The van der Waals surface area contributed by atoms with Crippen LogP contribution < -0.4 is 5.32 Å². The summed E-state index contributed by atoms with van der Waals surface area (Å²) in [5.74, 6) is 1.56. The standard InChI is InChI=1S/C20H26N2O2/c1-13(23)22-11-10-14-4-2-3-5-17(14)18(22)12-19(24)21-20(15-6-7-15)16-8-9-16/h2-5,15-16,18,20H,6-12H2,1H3,(H,21,24)/t18-/m0/s1. The first-order valence-electron chi connectivity index (χ1n) is 9.28. The maximum absolute atomic E-state index is 12.7. The van der Waals surface area contributed by atoms with E-state index in [1.54, 1.807) is 6.92 Å². The van der Waals surface area contributed by atoms with E-state index in [-0.39, 0.29) is 17.9 Å². The van der Waals surface area contributed by atoms with Crippen molar-refractivity contribution in [3.05, 3.63) is 35.4 Å². The van der Waals surface area contributed by atoms with Crippen molar-refractivity contribution in [1.29, 1.82) is 0 Å². The lowest BCUT2D eigenvalue weighted by atomic mass is 9.90. The molecular weight excluding hydrogens is 300 g/mol. The lowest BCUT2D eigenvalue weighted by molar-refractivity contribution is -0.133. The van der Waals surface area contributed by atoms with E-state index in [9.17, 15) is 9.59 Å². The zero-order chi connectivity index (χ0) is 16.7. The van der Waals surface area contributed by atoms with Gasteiger partial charge in [-0.3, -0.25) is 9.59 Å². The summed E-state index contributed by atoms with van der Waals surface area (Å²) in [7, 11) is 0. The van der Waals surface area contributed by atoms with Gasteiger partial charge in [0.25, 0.3) is 0 Å². The van der Waals surface area contributed by atoms with Crippen LogP contribution in [0.2, 0.25) is 0 Å². The maximum atomic E-state index is 12.7. The number of hydrogen-bond acceptors (Lipinski definition) is 2. The first-order chi connectivity index (χ1) is 11.6. The molecule has 1 N–H and O–H groups in total. The molecule has 4 rings (SSSR count). The molecule has 0 saturated heterocycles. The predicted octanol–water partition coefficient (Wildman–Crippen LogP) is 2.83. The predicted molar refractivity (Wildman–Crippen MR) is 92.3 cm³/mol. The highest BCUT2D eigenvalue weighted by atomic mass is 16.2. The van der Waals surface area contributed by atoms with Crippen molar-refractivity contribution in [2.75, 3.05) is 6.54 Å². The van der Waals surface area contributed by atoms with Crippen LogP contribution in [0.1, 0.15) is 56.2 Å². The zero-order valence-corrected chi connectivity index (χ0v) is 14.3. The molecule has 128 valence electrons. The molecule has 0 aromatic heterocycles. The molecule has 2 saturated carbocycles. The number of nitrogens with one attached hydrogen (secondary N) is 1. The molecule has 2 fully saturated rings. The van der Waals surface area contributed by atoms with E-state index < -0.39 is 0 Å². The van der Waals surface area contributed by atoms with Crippen molar-refractivity contribution >= 4 is 11.8 Å². The van der Waals surface area contributed by atoms with E-state index in [1.807, 2.05) is 17.0 Å². The molecule has 4 nitrogen and oxygen atoms in total. The van der Waals surface area contributed by atoms with Crippen molar-refractivity contribution in [2.45, 2.75) is 57.5 Å². The Morgan fingerprint density at radius 2 is 1.83 bits per heavy atom. The average molecular weight is 326 g/mol. The molecule has 0 spiro atoms. The van der Waals surface area contributed by atoms with E-state index in [0.29, 0.717) is 30.8 Å². The summed E-state index contributed by atoms with van der Waals surface area (Å²) >= 11 is 0. The molecule has 0 unspecified atom stereocenters.